The number of aromatic nitrogens is 5. The van der Waals surface area contributed by atoms with Gasteiger partial charge in [-0.25, -0.2) is 4.98 Å². The lowest BCUT2D eigenvalue weighted by Gasteiger charge is -2.18. The maximum atomic E-state index is 5.25. The summed E-state index contributed by atoms with van der Waals surface area (Å²) in [6.07, 6.45) is 6.02. The molecule has 5 heteroatoms. The molecule has 0 radical (unpaired) electrons. The second kappa shape index (κ2) is 16.8. The van der Waals surface area contributed by atoms with E-state index >= 15 is 0 Å². The molecule has 13 aromatic rings. The van der Waals surface area contributed by atoms with Crippen LogP contribution in [-0.4, -0.2) is 24.3 Å². The largest absolute Gasteiger partial charge is 0.292 e. The first-order valence-corrected chi connectivity index (χ1v) is 23.3. The molecule has 0 aliphatic carbocycles. The van der Waals surface area contributed by atoms with Gasteiger partial charge in [-0.05, 0) is 105 Å². The molecule has 0 fully saturated rings. The van der Waals surface area contributed by atoms with Crippen molar-refractivity contribution < 1.29 is 0 Å². The Morgan fingerprint density at radius 1 is 0.275 bits per heavy atom. The van der Waals surface area contributed by atoms with Crippen LogP contribution in [-0.2, 0) is 0 Å². The maximum absolute atomic E-state index is 5.25. The minimum Gasteiger partial charge on any atom is -0.292 e. The summed E-state index contributed by atoms with van der Waals surface area (Å²) in [5, 5.41) is 2.10. The molecule has 0 saturated carbocycles. The molecule has 5 nitrogen and oxygen atoms in total. The summed E-state index contributed by atoms with van der Waals surface area (Å²) in [6, 6.07) is 81.5. The van der Waals surface area contributed by atoms with Crippen LogP contribution in [0.15, 0.2) is 249 Å². The van der Waals surface area contributed by atoms with Gasteiger partial charge in [-0.1, -0.05) is 176 Å². The van der Waals surface area contributed by atoms with Crippen LogP contribution in [0.5, 0.6) is 0 Å². The van der Waals surface area contributed by atoms with Crippen molar-refractivity contribution in [3.8, 4) is 89.3 Å². The number of hydrogen-bond donors (Lipinski definition) is 0. The van der Waals surface area contributed by atoms with E-state index in [4.69, 9.17) is 19.9 Å². The highest BCUT2D eigenvalue weighted by Gasteiger charge is 2.19. The maximum Gasteiger partial charge on any atom is 0.147 e. The quantitative estimate of drug-likeness (QED) is 0.143. The molecular weight excluding hydrogens is 839 g/mol. The van der Waals surface area contributed by atoms with E-state index in [1.165, 1.54) is 0 Å². The SMILES string of the molecule is c1ccc(-c2ccc(-c3ccccc3-c3cc(-c4ccccc4-c4ccc(-c5ccccc5)nc4)cc(-c4ccccc4-c4cnc5c6ccccc6n6c7ccccc7nc6c5c4)c3)cn2)cc1. The molecule has 0 aliphatic heterocycles. The zero-order valence-electron chi connectivity index (χ0n) is 37.4. The Morgan fingerprint density at radius 2 is 0.696 bits per heavy atom. The molecule has 0 spiro atoms. The van der Waals surface area contributed by atoms with Crippen molar-refractivity contribution >= 4 is 38.5 Å². The number of rotatable bonds is 8. The molecule has 0 N–H and O–H groups in total. The summed E-state index contributed by atoms with van der Waals surface area (Å²) in [5.74, 6) is 0. The zero-order chi connectivity index (χ0) is 45.7. The highest BCUT2D eigenvalue weighted by atomic mass is 15.0. The third-order valence-corrected chi connectivity index (χ3v) is 13.3. The van der Waals surface area contributed by atoms with Crippen molar-refractivity contribution in [2.75, 3.05) is 0 Å². The predicted octanol–water partition coefficient (Wildman–Crippen LogP) is 16.3. The van der Waals surface area contributed by atoms with Gasteiger partial charge >= 0.3 is 0 Å². The second-order valence-corrected chi connectivity index (χ2v) is 17.4. The van der Waals surface area contributed by atoms with Gasteiger partial charge < -0.3 is 0 Å². The summed E-state index contributed by atoms with van der Waals surface area (Å²) in [6.45, 7) is 0. The van der Waals surface area contributed by atoms with Crippen LogP contribution >= 0.6 is 0 Å². The first kappa shape index (κ1) is 40.0. The Kier molecular flexibility index (Phi) is 9.76. The van der Waals surface area contributed by atoms with E-state index < -0.39 is 0 Å². The van der Waals surface area contributed by atoms with Crippen molar-refractivity contribution in [1.29, 1.82) is 0 Å². The van der Waals surface area contributed by atoms with E-state index in [1.54, 1.807) is 0 Å². The van der Waals surface area contributed by atoms with E-state index in [9.17, 15) is 0 Å². The average Bonchev–Trinajstić information content (AvgIpc) is 3.84. The summed E-state index contributed by atoms with van der Waals surface area (Å²) in [5.41, 5.74) is 22.1. The molecule has 0 atom stereocenters. The van der Waals surface area contributed by atoms with Gasteiger partial charge in [-0.2, -0.15) is 0 Å². The summed E-state index contributed by atoms with van der Waals surface area (Å²) in [7, 11) is 0. The van der Waals surface area contributed by atoms with E-state index in [-0.39, 0.29) is 0 Å². The first-order chi connectivity index (χ1) is 34.2. The van der Waals surface area contributed by atoms with Crippen LogP contribution in [0, 0.1) is 0 Å². The number of nitrogens with zero attached hydrogens (tertiary/aromatic N) is 5. The van der Waals surface area contributed by atoms with Crippen LogP contribution in [0.1, 0.15) is 0 Å². The molecule has 0 bridgehead atoms. The number of imidazole rings is 1. The Morgan fingerprint density at radius 3 is 1.20 bits per heavy atom. The standard InChI is InChI=1S/C64H41N5/c1-3-17-42(18-4-1)58-33-31-44(39-65-58)50-21-7-9-23-52(50)46-35-47(53-24-10-8-22-51(53)45-32-34-59(66-40-45)43-19-5-2-6-20-43)37-48(36-46)54-25-11-12-26-55(54)49-38-57-63(67-41-49)56-27-13-15-29-61(56)69-62-30-16-14-28-60(62)68-64(57)69/h1-41H. The molecule has 0 unspecified atom stereocenters. The second-order valence-electron chi connectivity index (χ2n) is 17.4. The van der Waals surface area contributed by atoms with Crippen molar-refractivity contribution in [2.24, 2.45) is 0 Å². The fourth-order valence-electron chi connectivity index (χ4n) is 10.0. The number of para-hydroxylation sites is 3. The molecule has 322 valence electrons. The lowest BCUT2D eigenvalue weighted by molar-refractivity contribution is 1.30. The molecule has 8 aromatic carbocycles. The van der Waals surface area contributed by atoms with E-state index in [1.807, 2.05) is 30.7 Å². The first-order valence-electron chi connectivity index (χ1n) is 23.3. The highest BCUT2D eigenvalue weighted by Crippen LogP contribution is 2.43. The van der Waals surface area contributed by atoms with Gasteiger partial charge in [0.15, 0.2) is 0 Å². The van der Waals surface area contributed by atoms with Crippen molar-refractivity contribution in [2.45, 2.75) is 0 Å². The van der Waals surface area contributed by atoms with Gasteiger partial charge in [0, 0.05) is 57.2 Å². The van der Waals surface area contributed by atoms with Crippen molar-refractivity contribution in [3.63, 3.8) is 0 Å². The van der Waals surface area contributed by atoms with Crippen LogP contribution < -0.4 is 0 Å². The normalized spacial score (nSPS) is 11.5. The van der Waals surface area contributed by atoms with Crippen LogP contribution in [0.4, 0.5) is 0 Å². The number of fused-ring (bicyclic) bond motifs is 8. The number of benzene rings is 8. The van der Waals surface area contributed by atoms with Crippen LogP contribution in [0.2, 0.25) is 0 Å². The fourth-order valence-corrected chi connectivity index (χ4v) is 10.0. The zero-order valence-corrected chi connectivity index (χ0v) is 37.4. The number of pyridine rings is 4. The molecule has 0 saturated heterocycles. The molecular formula is C64H41N5. The molecule has 5 aromatic heterocycles. The topological polar surface area (TPSA) is 56.0 Å². The van der Waals surface area contributed by atoms with E-state index in [2.05, 4.69) is 223 Å². The third kappa shape index (κ3) is 7.12. The molecule has 13 rings (SSSR count). The van der Waals surface area contributed by atoms with Gasteiger partial charge in [-0.15, -0.1) is 0 Å². The lowest BCUT2D eigenvalue weighted by Crippen LogP contribution is -1.95. The van der Waals surface area contributed by atoms with Crippen LogP contribution in [0.25, 0.3) is 128 Å². The Hall–Kier alpha value is -9.32. The highest BCUT2D eigenvalue weighted by molar-refractivity contribution is 6.13. The summed E-state index contributed by atoms with van der Waals surface area (Å²) < 4.78 is 2.28. The molecule has 0 aliphatic rings. The predicted molar refractivity (Wildman–Crippen MR) is 285 cm³/mol. The Labute approximate surface area is 399 Å². The third-order valence-electron chi connectivity index (χ3n) is 13.3. The smallest absolute Gasteiger partial charge is 0.147 e. The van der Waals surface area contributed by atoms with E-state index in [0.717, 1.165) is 128 Å². The number of hydrogen-bond acceptors (Lipinski definition) is 4. The van der Waals surface area contributed by atoms with Gasteiger partial charge in [-0.3, -0.25) is 19.4 Å². The van der Waals surface area contributed by atoms with Gasteiger partial charge in [0.1, 0.15) is 5.65 Å². The Bertz CT molecular complexity index is 3900. The van der Waals surface area contributed by atoms with Gasteiger partial charge in [0.05, 0.1) is 33.5 Å². The summed E-state index contributed by atoms with van der Waals surface area (Å²) in [4.78, 5) is 20.4. The van der Waals surface area contributed by atoms with Crippen LogP contribution in [0.3, 0.4) is 0 Å². The molecule has 5 heterocycles. The van der Waals surface area contributed by atoms with Crippen molar-refractivity contribution in [1.82, 2.24) is 24.3 Å². The average molecular weight is 880 g/mol. The monoisotopic (exact) mass is 879 g/mol. The molecule has 69 heavy (non-hydrogen) atoms. The van der Waals surface area contributed by atoms with Crippen molar-refractivity contribution in [3.05, 3.63) is 249 Å². The van der Waals surface area contributed by atoms with Gasteiger partial charge in [0.25, 0.3) is 0 Å². The summed E-state index contributed by atoms with van der Waals surface area (Å²) >= 11 is 0. The Balaban J connectivity index is 1.000. The lowest BCUT2D eigenvalue weighted by atomic mass is 9.86. The minimum absolute atomic E-state index is 0.895. The van der Waals surface area contributed by atoms with E-state index in [0.29, 0.717) is 0 Å². The molecule has 0 amide bonds. The fraction of sp³-hybridized carbons (Fsp3) is 0. The van der Waals surface area contributed by atoms with Gasteiger partial charge in [0.2, 0.25) is 0 Å². The minimum atomic E-state index is 0.895.